The van der Waals surface area contributed by atoms with E-state index in [1.807, 2.05) is 48.5 Å². The Morgan fingerprint density at radius 2 is 1.51 bits per heavy atom. The molecule has 0 spiro atoms. The van der Waals surface area contributed by atoms with Gasteiger partial charge in [-0.15, -0.1) is 0 Å². The van der Waals surface area contributed by atoms with Crippen molar-refractivity contribution >= 4 is 29.6 Å². The molecule has 0 saturated carbocycles. The van der Waals surface area contributed by atoms with Gasteiger partial charge in [0.05, 0.1) is 42.7 Å². The minimum Gasteiger partial charge on any atom is -0.458 e. The Labute approximate surface area is 353 Å². The normalized spacial score (nSPS) is 21.2. The van der Waals surface area contributed by atoms with Crippen molar-refractivity contribution in [2.24, 2.45) is 29.6 Å². The Kier molecular flexibility index (Phi) is 19.9. The molecule has 0 radical (unpaired) electrons. The number of ether oxygens (including phenoxy) is 3. The topological polar surface area (TPSA) is 156 Å². The van der Waals surface area contributed by atoms with Crippen molar-refractivity contribution in [2.75, 3.05) is 28.3 Å². The van der Waals surface area contributed by atoms with Gasteiger partial charge in [0.1, 0.15) is 23.5 Å². The summed E-state index contributed by atoms with van der Waals surface area (Å²) in [6.45, 7) is 22.6. The SMILES string of the molecule is CC[C@H](C)[C@@H](C(CC(=O)N1C(C)[C@@H](C)C[C@H]1[C@H](OC)[C@@H](C)C(=O)NC(Cc1ccccc1F)C(=O)OC(C)(C)C)OC)N(C)C(=O)[C@@H](NC(=O)[C@@H](NC)C(C)C)C(C)C. The number of hydrogen-bond acceptors (Lipinski definition) is 9. The van der Waals surface area contributed by atoms with Crippen LogP contribution in [-0.4, -0.2) is 122 Å². The van der Waals surface area contributed by atoms with Crippen LogP contribution in [0.2, 0.25) is 0 Å². The molecule has 1 aliphatic heterocycles. The van der Waals surface area contributed by atoms with Gasteiger partial charge in [0.2, 0.25) is 23.6 Å². The van der Waals surface area contributed by atoms with Crippen molar-refractivity contribution in [1.82, 2.24) is 25.8 Å². The van der Waals surface area contributed by atoms with Crippen LogP contribution >= 0.6 is 0 Å². The molecule has 59 heavy (non-hydrogen) atoms. The van der Waals surface area contributed by atoms with Crippen LogP contribution in [-0.2, 0) is 44.6 Å². The van der Waals surface area contributed by atoms with E-state index in [4.69, 9.17) is 14.2 Å². The molecule has 0 aromatic heterocycles. The highest BCUT2D eigenvalue weighted by Crippen LogP contribution is 2.36. The number of hydrogen-bond donors (Lipinski definition) is 3. The Morgan fingerprint density at radius 1 is 0.915 bits per heavy atom. The molecule has 1 saturated heterocycles. The average molecular weight is 834 g/mol. The number of nitrogens with zero attached hydrogens (tertiary/aromatic N) is 2. The second-order valence-electron chi connectivity index (χ2n) is 18.2. The average Bonchev–Trinajstić information content (AvgIpc) is 3.45. The molecule has 11 atom stereocenters. The van der Waals surface area contributed by atoms with Crippen LogP contribution < -0.4 is 16.0 Å². The molecule has 3 N–H and O–H groups in total. The van der Waals surface area contributed by atoms with Gasteiger partial charge in [-0.1, -0.05) is 80.0 Å². The van der Waals surface area contributed by atoms with E-state index in [2.05, 4.69) is 22.9 Å². The Hall–Kier alpha value is -3.62. The minimum absolute atomic E-state index is 0.00622. The number of halogens is 1. The van der Waals surface area contributed by atoms with E-state index in [1.165, 1.54) is 20.3 Å². The third-order valence-electron chi connectivity index (χ3n) is 12.0. The monoisotopic (exact) mass is 834 g/mol. The van der Waals surface area contributed by atoms with Crippen LogP contribution in [0.1, 0.15) is 108 Å². The largest absolute Gasteiger partial charge is 0.458 e. The molecule has 1 aromatic rings. The van der Waals surface area contributed by atoms with Crippen LogP contribution in [0.3, 0.4) is 0 Å². The zero-order valence-electron chi connectivity index (χ0n) is 38.7. The van der Waals surface area contributed by atoms with Crippen LogP contribution in [0.25, 0.3) is 0 Å². The lowest BCUT2D eigenvalue weighted by molar-refractivity contribution is -0.159. The van der Waals surface area contributed by atoms with Crippen molar-refractivity contribution in [1.29, 1.82) is 0 Å². The molecule has 0 aliphatic carbocycles. The van der Waals surface area contributed by atoms with Gasteiger partial charge in [0, 0.05) is 33.7 Å². The summed E-state index contributed by atoms with van der Waals surface area (Å²) < 4.78 is 32.5. The Morgan fingerprint density at radius 3 is 2.00 bits per heavy atom. The highest BCUT2D eigenvalue weighted by atomic mass is 19.1. The number of carbonyl (C=O) groups excluding carboxylic acids is 5. The molecule has 1 heterocycles. The summed E-state index contributed by atoms with van der Waals surface area (Å²) in [6, 6.07) is 2.38. The fourth-order valence-electron chi connectivity index (χ4n) is 8.32. The van der Waals surface area contributed by atoms with E-state index in [9.17, 15) is 28.4 Å². The van der Waals surface area contributed by atoms with Crippen molar-refractivity contribution in [3.63, 3.8) is 0 Å². The molecule has 2 rings (SSSR count). The summed E-state index contributed by atoms with van der Waals surface area (Å²) in [6.07, 6.45) is -0.385. The van der Waals surface area contributed by atoms with E-state index < -0.39 is 71.6 Å². The number of nitrogens with one attached hydrogen (secondary N) is 3. The van der Waals surface area contributed by atoms with Gasteiger partial charge in [0.15, 0.2) is 0 Å². The maximum atomic E-state index is 14.7. The molecule has 14 heteroatoms. The highest BCUT2D eigenvalue weighted by Gasteiger charge is 2.48. The van der Waals surface area contributed by atoms with Gasteiger partial charge in [-0.3, -0.25) is 19.2 Å². The molecule has 1 aromatic carbocycles. The molecule has 0 bridgehead atoms. The molecular weight excluding hydrogens is 758 g/mol. The van der Waals surface area contributed by atoms with E-state index >= 15 is 0 Å². The Balaban J connectivity index is 2.42. The number of likely N-dealkylation sites (N-methyl/N-ethyl adjacent to an activating group) is 2. The molecule has 336 valence electrons. The summed E-state index contributed by atoms with van der Waals surface area (Å²) in [5, 5.41) is 8.84. The third-order valence-corrected chi connectivity index (χ3v) is 12.0. The first-order valence-electron chi connectivity index (χ1n) is 21.3. The summed E-state index contributed by atoms with van der Waals surface area (Å²) in [4.78, 5) is 73.0. The molecular formula is C45H76FN5O8. The van der Waals surface area contributed by atoms with Gasteiger partial charge in [-0.25, -0.2) is 9.18 Å². The maximum absolute atomic E-state index is 14.7. The van der Waals surface area contributed by atoms with Gasteiger partial charge >= 0.3 is 5.97 Å². The standard InChI is InChI=1S/C45H76FN5O8/c1-17-27(6)39(50(14)43(55)38(26(4)5)49-42(54)37(47-13)25(2)3)35(57-15)24-36(52)51-30(9)28(7)22-34(51)40(58-16)29(8)41(53)48-33(44(56)59-45(10,11)12)23-31-20-18-19-21-32(31)46/h18-21,25-30,33-35,37-40,47H,17,22-24H2,1-16H3,(H,48,53)(H,49,54)/t27-,28-,29+,30?,33?,34-,35?,37-,38-,39-,40+/m0/s1. The summed E-state index contributed by atoms with van der Waals surface area (Å²) in [5.41, 5.74) is -0.595. The fraction of sp³-hybridized carbons (Fsp3) is 0.756. The molecule has 1 aliphatic rings. The van der Waals surface area contributed by atoms with Crippen molar-refractivity contribution in [3.8, 4) is 0 Å². The quantitative estimate of drug-likeness (QED) is 0.143. The van der Waals surface area contributed by atoms with Crippen molar-refractivity contribution in [3.05, 3.63) is 35.6 Å². The first kappa shape index (κ1) is 51.5. The van der Waals surface area contributed by atoms with Gasteiger partial charge in [-0.05, 0) is 76.5 Å². The Bertz CT molecular complexity index is 1550. The van der Waals surface area contributed by atoms with Crippen molar-refractivity contribution in [2.45, 2.75) is 163 Å². The lowest BCUT2D eigenvalue weighted by Gasteiger charge is -2.41. The van der Waals surface area contributed by atoms with Gasteiger partial charge in [-0.2, -0.15) is 0 Å². The molecule has 13 nitrogen and oxygen atoms in total. The van der Waals surface area contributed by atoms with E-state index in [1.54, 1.807) is 69.8 Å². The first-order chi connectivity index (χ1) is 27.4. The van der Waals surface area contributed by atoms with Gasteiger partial charge < -0.3 is 40.0 Å². The van der Waals surface area contributed by atoms with Crippen LogP contribution in [0.15, 0.2) is 24.3 Å². The smallest absolute Gasteiger partial charge is 0.329 e. The lowest BCUT2D eigenvalue weighted by Crippen LogP contribution is -2.60. The molecule has 3 unspecified atom stereocenters. The number of methoxy groups -OCH3 is 2. The number of carbonyl (C=O) groups is 5. The van der Waals surface area contributed by atoms with E-state index in [0.29, 0.717) is 12.8 Å². The maximum Gasteiger partial charge on any atom is 0.329 e. The first-order valence-corrected chi connectivity index (χ1v) is 21.3. The molecule has 1 fully saturated rings. The zero-order chi connectivity index (χ0) is 45.1. The van der Waals surface area contributed by atoms with Crippen LogP contribution in [0, 0.1) is 35.4 Å². The number of amides is 4. The summed E-state index contributed by atoms with van der Waals surface area (Å²) in [7, 11) is 6.46. The van der Waals surface area contributed by atoms with Crippen molar-refractivity contribution < 1.29 is 42.6 Å². The molecule has 4 amide bonds. The van der Waals surface area contributed by atoms with E-state index in [0.717, 1.165) is 0 Å². The minimum atomic E-state index is -1.18. The second kappa shape index (κ2) is 22.8. The van der Waals surface area contributed by atoms with Crippen LogP contribution in [0.4, 0.5) is 4.39 Å². The predicted molar refractivity (Wildman–Crippen MR) is 228 cm³/mol. The fourth-order valence-corrected chi connectivity index (χ4v) is 8.32. The summed E-state index contributed by atoms with van der Waals surface area (Å²) >= 11 is 0. The third kappa shape index (κ3) is 13.7. The number of benzene rings is 1. The van der Waals surface area contributed by atoms with Gasteiger partial charge in [0.25, 0.3) is 0 Å². The summed E-state index contributed by atoms with van der Waals surface area (Å²) in [5.74, 6) is -3.50. The highest BCUT2D eigenvalue weighted by molar-refractivity contribution is 5.90. The van der Waals surface area contributed by atoms with E-state index in [-0.39, 0.29) is 65.8 Å². The number of rotatable bonds is 21. The lowest BCUT2D eigenvalue weighted by atomic mass is 9.89. The predicted octanol–water partition coefficient (Wildman–Crippen LogP) is 5.13. The number of likely N-dealkylation sites (tertiary alicyclic amines) is 1. The number of esters is 1. The van der Waals surface area contributed by atoms with Crippen LogP contribution in [0.5, 0.6) is 0 Å². The zero-order valence-corrected chi connectivity index (χ0v) is 38.7. The second-order valence-corrected chi connectivity index (χ2v) is 18.2.